The molecule has 1 aliphatic heterocycles. The minimum Gasteiger partial charge on any atom is -0.131 e. The van der Waals surface area contributed by atoms with Gasteiger partial charge in [-0.1, -0.05) is 96.5 Å². The minimum atomic E-state index is 0.919. The van der Waals surface area contributed by atoms with Gasteiger partial charge in [-0.15, -0.1) is 11.8 Å². The SMILES string of the molecule is CCCCCCCCCCCCCCCC1CC=CS1. The van der Waals surface area contributed by atoms with Gasteiger partial charge < -0.3 is 0 Å². The molecule has 1 heteroatoms. The number of hydrogen-bond acceptors (Lipinski definition) is 1. The topological polar surface area (TPSA) is 0 Å². The van der Waals surface area contributed by atoms with E-state index in [1.807, 2.05) is 11.8 Å². The number of rotatable bonds is 14. The van der Waals surface area contributed by atoms with Gasteiger partial charge in [-0.05, 0) is 18.2 Å². The van der Waals surface area contributed by atoms with Crippen LogP contribution in [0.25, 0.3) is 0 Å². The quantitative estimate of drug-likeness (QED) is 0.299. The average molecular weight is 297 g/mol. The van der Waals surface area contributed by atoms with Crippen LogP contribution in [0.5, 0.6) is 0 Å². The third-order valence-electron chi connectivity index (χ3n) is 4.40. The second-order valence-electron chi connectivity index (χ2n) is 6.40. The molecule has 0 aromatic heterocycles. The first-order valence-corrected chi connectivity index (χ1v) is 10.2. The highest BCUT2D eigenvalue weighted by Gasteiger charge is 2.09. The first-order chi connectivity index (χ1) is 9.93. The predicted molar refractivity (Wildman–Crippen MR) is 95.4 cm³/mol. The van der Waals surface area contributed by atoms with Crippen molar-refractivity contribution in [2.75, 3.05) is 0 Å². The van der Waals surface area contributed by atoms with E-state index < -0.39 is 0 Å². The lowest BCUT2D eigenvalue weighted by Crippen LogP contribution is -1.95. The fourth-order valence-corrected chi connectivity index (χ4v) is 3.97. The number of unbranched alkanes of at least 4 members (excludes halogenated alkanes) is 12. The van der Waals surface area contributed by atoms with E-state index in [4.69, 9.17) is 0 Å². The normalized spacial score (nSPS) is 17.9. The maximum Gasteiger partial charge on any atom is 0.0123 e. The molecule has 1 unspecified atom stereocenters. The first-order valence-electron chi connectivity index (χ1n) is 9.24. The summed E-state index contributed by atoms with van der Waals surface area (Å²) in [5.74, 6) is 0. The Kier molecular flexibility index (Phi) is 12.7. The van der Waals surface area contributed by atoms with E-state index in [2.05, 4.69) is 18.4 Å². The van der Waals surface area contributed by atoms with Gasteiger partial charge in [-0.3, -0.25) is 0 Å². The van der Waals surface area contributed by atoms with Gasteiger partial charge in [0.2, 0.25) is 0 Å². The van der Waals surface area contributed by atoms with Crippen LogP contribution >= 0.6 is 11.8 Å². The predicted octanol–water partition coefficient (Wildman–Crippen LogP) is 7.49. The lowest BCUT2D eigenvalue weighted by atomic mass is 10.0. The molecule has 0 aliphatic carbocycles. The summed E-state index contributed by atoms with van der Waals surface area (Å²) in [5, 5.41) is 3.20. The van der Waals surface area contributed by atoms with Crippen LogP contribution in [0.2, 0.25) is 0 Å². The summed E-state index contributed by atoms with van der Waals surface area (Å²) in [4.78, 5) is 0. The van der Waals surface area contributed by atoms with Crippen molar-refractivity contribution in [1.82, 2.24) is 0 Å². The van der Waals surface area contributed by atoms with Gasteiger partial charge >= 0.3 is 0 Å². The van der Waals surface area contributed by atoms with Crippen molar-refractivity contribution in [3.8, 4) is 0 Å². The number of allylic oxidation sites excluding steroid dienone is 1. The second-order valence-corrected chi connectivity index (χ2v) is 7.61. The first kappa shape index (κ1) is 18.1. The highest BCUT2D eigenvalue weighted by atomic mass is 32.2. The molecule has 0 saturated heterocycles. The molecule has 0 nitrogen and oxygen atoms in total. The van der Waals surface area contributed by atoms with E-state index in [-0.39, 0.29) is 0 Å². The lowest BCUT2D eigenvalue weighted by Gasteiger charge is -2.07. The van der Waals surface area contributed by atoms with Crippen LogP contribution in [0.3, 0.4) is 0 Å². The van der Waals surface area contributed by atoms with E-state index in [0.717, 1.165) is 5.25 Å². The maximum atomic E-state index is 2.33. The highest BCUT2D eigenvalue weighted by molar-refractivity contribution is 8.02. The molecule has 0 aromatic rings. The van der Waals surface area contributed by atoms with Gasteiger partial charge in [0, 0.05) is 5.25 Å². The van der Waals surface area contributed by atoms with E-state index in [9.17, 15) is 0 Å². The van der Waals surface area contributed by atoms with Gasteiger partial charge in [0.1, 0.15) is 0 Å². The zero-order chi connectivity index (χ0) is 14.3. The molecule has 0 spiro atoms. The monoisotopic (exact) mass is 296 g/mol. The zero-order valence-corrected chi connectivity index (χ0v) is 14.6. The van der Waals surface area contributed by atoms with Gasteiger partial charge in [-0.2, -0.15) is 0 Å². The van der Waals surface area contributed by atoms with Crippen LogP contribution < -0.4 is 0 Å². The Labute approximate surface area is 132 Å². The van der Waals surface area contributed by atoms with Gasteiger partial charge in [0.15, 0.2) is 0 Å². The van der Waals surface area contributed by atoms with Crippen LogP contribution in [-0.2, 0) is 0 Å². The molecule has 0 bridgehead atoms. The van der Waals surface area contributed by atoms with Crippen LogP contribution in [0.4, 0.5) is 0 Å². The molecular weight excluding hydrogens is 260 g/mol. The van der Waals surface area contributed by atoms with E-state index in [1.54, 1.807) is 0 Å². The minimum absolute atomic E-state index is 0.919. The van der Waals surface area contributed by atoms with Gasteiger partial charge in [-0.25, -0.2) is 0 Å². The van der Waals surface area contributed by atoms with Crippen molar-refractivity contribution >= 4 is 11.8 Å². The summed E-state index contributed by atoms with van der Waals surface area (Å²) < 4.78 is 0. The van der Waals surface area contributed by atoms with E-state index in [1.165, 1.54) is 96.3 Å². The molecule has 1 aliphatic rings. The highest BCUT2D eigenvalue weighted by Crippen LogP contribution is 2.28. The van der Waals surface area contributed by atoms with Crippen molar-refractivity contribution in [2.45, 2.75) is 108 Å². The molecule has 118 valence electrons. The Morgan fingerprint density at radius 2 is 1.25 bits per heavy atom. The third-order valence-corrected chi connectivity index (χ3v) is 5.56. The largest absolute Gasteiger partial charge is 0.131 e. The molecule has 0 saturated carbocycles. The molecule has 0 amide bonds. The van der Waals surface area contributed by atoms with Crippen molar-refractivity contribution in [2.24, 2.45) is 0 Å². The molecule has 0 fully saturated rings. The summed E-state index contributed by atoms with van der Waals surface area (Å²) in [6.07, 6.45) is 24.1. The van der Waals surface area contributed by atoms with Crippen molar-refractivity contribution in [1.29, 1.82) is 0 Å². The molecule has 20 heavy (non-hydrogen) atoms. The molecule has 1 atom stereocenters. The summed E-state index contributed by atoms with van der Waals surface area (Å²) in [7, 11) is 0. The molecule has 0 radical (unpaired) electrons. The summed E-state index contributed by atoms with van der Waals surface area (Å²) in [6, 6.07) is 0. The van der Waals surface area contributed by atoms with Crippen molar-refractivity contribution < 1.29 is 0 Å². The fraction of sp³-hybridized carbons (Fsp3) is 0.895. The van der Waals surface area contributed by atoms with Crippen molar-refractivity contribution in [3.05, 3.63) is 11.5 Å². The fourth-order valence-electron chi connectivity index (χ4n) is 3.01. The Morgan fingerprint density at radius 3 is 1.70 bits per heavy atom. The van der Waals surface area contributed by atoms with Gasteiger partial charge in [0.25, 0.3) is 0 Å². The van der Waals surface area contributed by atoms with Crippen molar-refractivity contribution in [3.63, 3.8) is 0 Å². The number of hydrogen-bond donors (Lipinski definition) is 0. The summed E-state index contributed by atoms with van der Waals surface area (Å²) in [6.45, 7) is 2.30. The Morgan fingerprint density at radius 1 is 0.750 bits per heavy atom. The summed E-state index contributed by atoms with van der Waals surface area (Å²) in [5.41, 5.74) is 0. The average Bonchev–Trinajstić information content (AvgIpc) is 2.97. The molecule has 0 aromatic carbocycles. The molecule has 1 heterocycles. The molecule has 1 rings (SSSR count). The van der Waals surface area contributed by atoms with Crippen LogP contribution in [-0.4, -0.2) is 5.25 Å². The Hall–Kier alpha value is 0.0900. The van der Waals surface area contributed by atoms with E-state index >= 15 is 0 Å². The number of thioether (sulfide) groups is 1. The Balaban J connectivity index is 1.66. The van der Waals surface area contributed by atoms with Gasteiger partial charge in [0.05, 0.1) is 0 Å². The maximum absolute atomic E-state index is 2.33. The zero-order valence-electron chi connectivity index (χ0n) is 13.7. The van der Waals surface area contributed by atoms with Crippen LogP contribution in [0, 0.1) is 0 Å². The lowest BCUT2D eigenvalue weighted by molar-refractivity contribution is 0.534. The molecular formula is C19H36S. The Bertz CT molecular complexity index is 214. The molecule has 0 N–H and O–H groups in total. The second kappa shape index (κ2) is 14.0. The van der Waals surface area contributed by atoms with E-state index in [0.29, 0.717) is 0 Å². The van der Waals surface area contributed by atoms with Crippen LogP contribution in [0.1, 0.15) is 103 Å². The van der Waals surface area contributed by atoms with Crippen LogP contribution in [0.15, 0.2) is 11.5 Å². The third kappa shape index (κ3) is 10.8. The smallest absolute Gasteiger partial charge is 0.0123 e. The standard InChI is InChI=1S/C19H36S/c1-2-3-4-5-6-7-8-9-10-11-12-13-14-16-19-17-15-18-20-19/h15,18-19H,2-14,16-17H2,1H3. The summed E-state index contributed by atoms with van der Waals surface area (Å²) >= 11 is 2.05.